The summed E-state index contributed by atoms with van der Waals surface area (Å²) in [5.74, 6) is 10.4. The fourth-order valence-electron chi connectivity index (χ4n) is 2.18. The van der Waals surface area contributed by atoms with Crippen LogP contribution in [0, 0.1) is 31.1 Å². The number of hydrogen-bond acceptors (Lipinski definition) is 4. The average molecular weight is 425 g/mol. The summed E-state index contributed by atoms with van der Waals surface area (Å²) in [5.41, 5.74) is 2.26. The molecular formula is C27H36O4. The maximum Gasteiger partial charge on any atom is 0.118 e. The summed E-state index contributed by atoms with van der Waals surface area (Å²) < 4.78 is 10.0. The van der Waals surface area contributed by atoms with Crippen LogP contribution in [0.15, 0.2) is 48.5 Å². The van der Waals surface area contributed by atoms with Gasteiger partial charge in [0.2, 0.25) is 0 Å². The molecule has 0 bridgehead atoms. The largest absolute Gasteiger partial charge is 0.497 e. The van der Waals surface area contributed by atoms with E-state index in [0.29, 0.717) is 0 Å². The highest BCUT2D eigenvalue weighted by molar-refractivity contribution is 5.38. The van der Waals surface area contributed by atoms with Crippen molar-refractivity contribution in [1.29, 1.82) is 0 Å². The number of aliphatic hydroxyl groups excluding tert-OH is 2. The summed E-state index contributed by atoms with van der Waals surface area (Å²) in [4.78, 5) is 0. The van der Waals surface area contributed by atoms with Crippen LogP contribution in [0.5, 0.6) is 11.5 Å². The second kappa shape index (κ2) is 20.4. The van der Waals surface area contributed by atoms with E-state index in [4.69, 9.17) is 26.1 Å². The maximum absolute atomic E-state index is 8.58. The number of ether oxygens (including phenoxy) is 2. The summed E-state index contributed by atoms with van der Waals surface area (Å²) in [6.07, 6.45) is 10.1. The van der Waals surface area contributed by atoms with Gasteiger partial charge in [-0.25, -0.2) is 0 Å². The van der Waals surface area contributed by atoms with E-state index in [-0.39, 0.29) is 13.2 Å². The number of terminal acetylenes is 1. The summed E-state index contributed by atoms with van der Waals surface area (Å²) >= 11 is 0. The van der Waals surface area contributed by atoms with Gasteiger partial charge in [0.25, 0.3) is 0 Å². The molecule has 0 radical (unpaired) electrons. The molecule has 0 saturated heterocycles. The first-order valence-electron chi connectivity index (χ1n) is 10.5. The van der Waals surface area contributed by atoms with E-state index in [9.17, 15) is 0 Å². The fourth-order valence-corrected chi connectivity index (χ4v) is 2.18. The number of methoxy groups -OCH3 is 2. The van der Waals surface area contributed by atoms with Crippen molar-refractivity contribution >= 4 is 0 Å². The van der Waals surface area contributed by atoms with Crippen LogP contribution in [0.4, 0.5) is 0 Å². The van der Waals surface area contributed by atoms with Crippen LogP contribution in [0.2, 0.25) is 0 Å². The highest BCUT2D eigenvalue weighted by atomic mass is 16.5. The molecule has 0 aromatic heterocycles. The van der Waals surface area contributed by atoms with Crippen LogP contribution in [0.1, 0.15) is 49.7 Å². The van der Waals surface area contributed by atoms with E-state index in [1.807, 2.05) is 48.5 Å². The van der Waals surface area contributed by atoms with Gasteiger partial charge in [-0.1, -0.05) is 29.5 Å². The Morgan fingerprint density at radius 1 is 0.742 bits per heavy atom. The third-order valence-electron chi connectivity index (χ3n) is 4.02. The predicted octanol–water partition coefficient (Wildman–Crippen LogP) is 5.00. The van der Waals surface area contributed by atoms with Crippen molar-refractivity contribution in [2.45, 2.75) is 45.4 Å². The van der Waals surface area contributed by atoms with Gasteiger partial charge < -0.3 is 19.7 Å². The van der Waals surface area contributed by atoms with Crippen LogP contribution < -0.4 is 9.47 Å². The van der Waals surface area contributed by atoms with Crippen molar-refractivity contribution < 1.29 is 19.7 Å². The first-order valence-corrected chi connectivity index (χ1v) is 10.5. The molecule has 0 spiro atoms. The SMILES string of the molecule is C#CCCCCO.COc1ccc(C#CCCCCO)cc1.COc1ccc(C)cc1. The van der Waals surface area contributed by atoms with E-state index >= 15 is 0 Å². The van der Waals surface area contributed by atoms with Gasteiger partial charge in [0.15, 0.2) is 0 Å². The topological polar surface area (TPSA) is 58.9 Å². The molecule has 0 unspecified atom stereocenters. The van der Waals surface area contributed by atoms with Gasteiger partial charge in [0.05, 0.1) is 14.2 Å². The van der Waals surface area contributed by atoms with Crippen molar-refractivity contribution in [2.24, 2.45) is 0 Å². The molecule has 0 heterocycles. The van der Waals surface area contributed by atoms with Gasteiger partial charge in [-0.15, -0.1) is 12.3 Å². The van der Waals surface area contributed by atoms with Crippen molar-refractivity contribution in [3.05, 3.63) is 59.7 Å². The fraction of sp³-hybridized carbons (Fsp3) is 0.407. The molecular weight excluding hydrogens is 388 g/mol. The van der Waals surface area contributed by atoms with Gasteiger partial charge >= 0.3 is 0 Å². The maximum atomic E-state index is 8.58. The van der Waals surface area contributed by atoms with Crippen LogP contribution >= 0.6 is 0 Å². The zero-order valence-electron chi connectivity index (χ0n) is 19.1. The van der Waals surface area contributed by atoms with Gasteiger partial charge in [0, 0.05) is 31.6 Å². The lowest BCUT2D eigenvalue weighted by atomic mass is 10.2. The average Bonchev–Trinajstić information content (AvgIpc) is 2.81. The number of hydrogen-bond donors (Lipinski definition) is 2. The van der Waals surface area contributed by atoms with Crippen LogP contribution in [0.3, 0.4) is 0 Å². The van der Waals surface area contributed by atoms with E-state index in [0.717, 1.165) is 55.6 Å². The van der Waals surface area contributed by atoms with Gasteiger partial charge in [-0.2, -0.15) is 0 Å². The molecule has 0 aliphatic carbocycles. The summed E-state index contributed by atoms with van der Waals surface area (Å²) in [7, 11) is 3.32. The Kier molecular flexibility index (Phi) is 18.4. The van der Waals surface area contributed by atoms with Gasteiger partial charge in [-0.3, -0.25) is 0 Å². The third kappa shape index (κ3) is 16.6. The minimum absolute atomic E-state index is 0.254. The van der Waals surface area contributed by atoms with Crippen molar-refractivity contribution in [3.8, 4) is 35.7 Å². The van der Waals surface area contributed by atoms with Crippen molar-refractivity contribution in [3.63, 3.8) is 0 Å². The molecule has 2 aromatic carbocycles. The number of aliphatic hydroxyl groups is 2. The second-order valence-electron chi connectivity index (χ2n) is 6.61. The summed E-state index contributed by atoms with van der Waals surface area (Å²) in [5, 5.41) is 16.8. The minimum atomic E-state index is 0.254. The molecule has 0 amide bonds. The number of rotatable bonds is 8. The summed E-state index contributed by atoms with van der Waals surface area (Å²) in [6.45, 7) is 2.57. The number of benzene rings is 2. The Hall–Kier alpha value is -2.92. The molecule has 0 atom stereocenters. The highest BCUT2D eigenvalue weighted by Gasteiger charge is 1.89. The molecule has 2 rings (SSSR count). The van der Waals surface area contributed by atoms with E-state index < -0.39 is 0 Å². The molecule has 4 nitrogen and oxygen atoms in total. The minimum Gasteiger partial charge on any atom is -0.497 e. The molecule has 168 valence electrons. The first-order chi connectivity index (χ1) is 15.1. The quantitative estimate of drug-likeness (QED) is 0.463. The Morgan fingerprint density at radius 3 is 1.68 bits per heavy atom. The standard InChI is InChI=1S/C13H16O2.C8H10O.C6H10O/c1-15-13-9-7-12(8-10-13)6-4-2-3-5-11-14;1-7-3-5-8(9-2)6-4-7;1-2-3-4-5-6-7/h7-10,14H,2-3,5,11H2,1H3;3-6H,1-2H3;1,7H,3-6H2. The van der Waals surface area contributed by atoms with Crippen LogP contribution in [-0.2, 0) is 0 Å². The van der Waals surface area contributed by atoms with Gasteiger partial charge in [-0.05, 0) is 69.0 Å². The van der Waals surface area contributed by atoms with E-state index in [2.05, 4.69) is 24.7 Å². The van der Waals surface area contributed by atoms with E-state index in [1.54, 1.807) is 14.2 Å². The monoisotopic (exact) mass is 424 g/mol. The Labute approximate surface area is 188 Å². The molecule has 4 heteroatoms. The van der Waals surface area contributed by atoms with Crippen LogP contribution in [-0.4, -0.2) is 37.6 Å². The van der Waals surface area contributed by atoms with Gasteiger partial charge in [0.1, 0.15) is 11.5 Å². The van der Waals surface area contributed by atoms with Crippen molar-refractivity contribution in [1.82, 2.24) is 0 Å². The summed E-state index contributed by atoms with van der Waals surface area (Å²) in [6, 6.07) is 15.6. The molecule has 2 aromatic rings. The Balaban J connectivity index is 0.000000479. The molecule has 2 N–H and O–H groups in total. The van der Waals surface area contributed by atoms with Crippen LogP contribution in [0.25, 0.3) is 0 Å². The lowest BCUT2D eigenvalue weighted by Gasteiger charge is -1.97. The molecule has 0 fully saturated rings. The molecule has 31 heavy (non-hydrogen) atoms. The Morgan fingerprint density at radius 2 is 1.23 bits per heavy atom. The second-order valence-corrected chi connectivity index (χ2v) is 6.61. The molecule has 0 saturated carbocycles. The number of unbranched alkanes of at least 4 members (excludes halogenated alkanes) is 4. The zero-order valence-corrected chi connectivity index (χ0v) is 19.1. The highest BCUT2D eigenvalue weighted by Crippen LogP contribution is 2.10. The third-order valence-corrected chi connectivity index (χ3v) is 4.02. The van der Waals surface area contributed by atoms with Crippen molar-refractivity contribution in [2.75, 3.05) is 27.4 Å². The zero-order chi connectivity index (χ0) is 23.2. The molecule has 0 aliphatic heterocycles. The molecule has 0 aliphatic rings. The smallest absolute Gasteiger partial charge is 0.118 e. The Bertz CT molecular complexity index is 762. The first kappa shape index (κ1) is 28.1. The number of aryl methyl sites for hydroxylation is 1. The van der Waals surface area contributed by atoms with E-state index in [1.165, 1.54) is 5.56 Å². The predicted molar refractivity (Wildman–Crippen MR) is 128 cm³/mol. The lowest BCUT2D eigenvalue weighted by Crippen LogP contribution is -1.82. The lowest BCUT2D eigenvalue weighted by molar-refractivity contribution is 0.285. The normalized spacial score (nSPS) is 8.90.